The molecule has 0 amide bonds. The Labute approximate surface area is 88.0 Å². The van der Waals surface area contributed by atoms with E-state index in [4.69, 9.17) is 4.74 Å². The third-order valence-corrected chi connectivity index (χ3v) is 4.54. The van der Waals surface area contributed by atoms with E-state index in [-0.39, 0.29) is 0 Å². The van der Waals surface area contributed by atoms with Gasteiger partial charge in [-0.3, -0.25) is 0 Å². The highest BCUT2D eigenvalue weighted by Crippen LogP contribution is 2.57. The monoisotopic (exact) mass is 207 g/mol. The summed E-state index contributed by atoms with van der Waals surface area (Å²) in [7, 11) is 1.74. The zero-order valence-electron chi connectivity index (χ0n) is 8.17. The lowest BCUT2D eigenvalue weighted by Crippen LogP contribution is -2.22. The Morgan fingerprint density at radius 1 is 1.43 bits per heavy atom. The van der Waals surface area contributed by atoms with Crippen LogP contribution in [-0.4, -0.2) is 18.4 Å². The van der Waals surface area contributed by atoms with Crippen LogP contribution < -0.4 is 10.1 Å². The van der Waals surface area contributed by atoms with Gasteiger partial charge in [0, 0.05) is 11.3 Å². The molecule has 3 heteroatoms. The van der Waals surface area contributed by atoms with Gasteiger partial charge in [-0.1, -0.05) is 6.07 Å². The maximum atomic E-state index is 5.37. The molecule has 0 bridgehead atoms. The third-order valence-electron chi connectivity index (χ3n) is 2.93. The number of benzene rings is 1. The first kappa shape index (κ1) is 8.48. The van der Waals surface area contributed by atoms with Crippen molar-refractivity contribution in [1.29, 1.82) is 0 Å². The topological polar surface area (TPSA) is 21.3 Å². The highest BCUT2D eigenvalue weighted by atomic mass is 32.2. The maximum absolute atomic E-state index is 5.37. The van der Waals surface area contributed by atoms with Crippen LogP contribution in [0.15, 0.2) is 23.1 Å². The molecular formula is C11H13NOS. The number of ether oxygens (including phenoxy) is 1. The summed E-state index contributed by atoms with van der Waals surface area (Å²) in [6.45, 7) is 1.11. The van der Waals surface area contributed by atoms with Gasteiger partial charge in [-0.2, -0.15) is 0 Å². The molecule has 1 aliphatic carbocycles. The molecule has 1 aromatic carbocycles. The van der Waals surface area contributed by atoms with Crippen LogP contribution in [-0.2, 0) is 0 Å². The van der Waals surface area contributed by atoms with Gasteiger partial charge >= 0.3 is 0 Å². The second-order valence-corrected chi connectivity index (χ2v) is 5.45. The van der Waals surface area contributed by atoms with Gasteiger partial charge in [-0.25, -0.2) is 0 Å². The summed E-state index contributed by atoms with van der Waals surface area (Å²) in [5.41, 5.74) is 1.23. The molecule has 1 heterocycles. The first-order chi connectivity index (χ1) is 6.83. The zero-order chi connectivity index (χ0) is 9.60. The van der Waals surface area contributed by atoms with E-state index < -0.39 is 0 Å². The zero-order valence-corrected chi connectivity index (χ0v) is 8.99. The summed E-state index contributed by atoms with van der Waals surface area (Å²) in [6.07, 6.45) is 2.67. The number of anilines is 1. The minimum absolute atomic E-state index is 0.488. The summed E-state index contributed by atoms with van der Waals surface area (Å²) >= 11 is 1.99. The van der Waals surface area contributed by atoms with E-state index >= 15 is 0 Å². The van der Waals surface area contributed by atoms with Crippen molar-refractivity contribution in [2.45, 2.75) is 22.5 Å². The van der Waals surface area contributed by atoms with Crippen molar-refractivity contribution in [3.05, 3.63) is 18.2 Å². The van der Waals surface area contributed by atoms with Crippen molar-refractivity contribution in [1.82, 2.24) is 0 Å². The lowest BCUT2D eigenvalue weighted by molar-refractivity contribution is 0.405. The molecule has 3 rings (SSSR count). The van der Waals surface area contributed by atoms with Gasteiger partial charge in [0.15, 0.2) is 0 Å². The molecule has 1 fully saturated rings. The molecule has 1 N–H and O–H groups in total. The van der Waals surface area contributed by atoms with E-state index in [0.29, 0.717) is 4.75 Å². The summed E-state index contributed by atoms with van der Waals surface area (Å²) in [5, 5.41) is 3.49. The Balaban J connectivity index is 2.04. The number of nitrogens with one attached hydrogen (secondary N) is 1. The number of thioether (sulfide) groups is 1. The first-order valence-electron chi connectivity index (χ1n) is 4.93. The fourth-order valence-electron chi connectivity index (χ4n) is 1.85. The van der Waals surface area contributed by atoms with Gasteiger partial charge in [0.25, 0.3) is 0 Å². The van der Waals surface area contributed by atoms with Crippen molar-refractivity contribution in [3.8, 4) is 5.75 Å². The largest absolute Gasteiger partial charge is 0.496 e. The molecule has 0 radical (unpaired) electrons. The Kier molecular flexibility index (Phi) is 1.71. The second kappa shape index (κ2) is 2.83. The molecule has 0 aromatic heterocycles. The van der Waals surface area contributed by atoms with Gasteiger partial charge in [-0.05, 0) is 25.0 Å². The van der Waals surface area contributed by atoms with Crippen molar-refractivity contribution < 1.29 is 4.74 Å². The molecule has 0 unspecified atom stereocenters. The van der Waals surface area contributed by atoms with Crippen LogP contribution in [0.2, 0.25) is 0 Å². The summed E-state index contributed by atoms with van der Waals surface area (Å²) < 4.78 is 5.86. The molecule has 74 valence electrons. The molecule has 1 aliphatic heterocycles. The van der Waals surface area contributed by atoms with Gasteiger partial charge in [-0.15, -0.1) is 11.8 Å². The van der Waals surface area contributed by atoms with E-state index in [0.717, 1.165) is 12.3 Å². The molecule has 2 nitrogen and oxygen atoms in total. The van der Waals surface area contributed by atoms with Crippen LogP contribution >= 0.6 is 11.8 Å². The second-order valence-electron chi connectivity index (χ2n) is 3.98. The standard InChI is InChI=1S/C11H13NOS/c1-13-9-4-2-3-8-10(9)14-11(5-6-11)7-12-8/h2-4,12H,5-7H2,1H3. The van der Waals surface area contributed by atoms with Crippen molar-refractivity contribution in [2.24, 2.45) is 0 Å². The van der Waals surface area contributed by atoms with Gasteiger partial charge in [0.05, 0.1) is 17.7 Å². The summed E-state index contributed by atoms with van der Waals surface area (Å²) in [5.74, 6) is 1.01. The first-order valence-corrected chi connectivity index (χ1v) is 5.75. The summed E-state index contributed by atoms with van der Waals surface area (Å²) in [4.78, 5) is 1.29. The molecule has 1 saturated carbocycles. The predicted molar refractivity (Wildman–Crippen MR) is 59.3 cm³/mol. The highest BCUT2D eigenvalue weighted by Gasteiger charge is 2.46. The molecule has 1 aromatic rings. The number of methoxy groups -OCH3 is 1. The molecule has 1 spiro atoms. The van der Waals surface area contributed by atoms with Crippen molar-refractivity contribution >= 4 is 17.4 Å². The quantitative estimate of drug-likeness (QED) is 0.765. The normalized spacial score (nSPS) is 21.2. The number of rotatable bonds is 1. The molecule has 14 heavy (non-hydrogen) atoms. The highest BCUT2D eigenvalue weighted by molar-refractivity contribution is 8.01. The van der Waals surface area contributed by atoms with Gasteiger partial charge in [0.2, 0.25) is 0 Å². The lowest BCUT2D eigenvalue weighted by Gasteiger charge is -2.26. The smallest absolute Gasteiger partial charge is 0.134 e. The molecular weight excluding hydrogens is 194 g/mol. The Morgan fingerprint density at radius 3 is 3.00 bits per heavy atom. The van der Waals surface area contributed by atoms with Crippen LogP contribution in [0.25, 0.3) is 0 Å². The molecule has 0 saturated heterocycles. The van der Waals surface area contributed by atoms with Crippen LogP contribution in [0.1, 0.15) is 12.8 Å². The molecule has 2 aliphatic rings. The van der Waals surface area contributed by atoms with E-state index in [1.807, 2.05) is 23.9 Å². The SMILES string of the molecule is COc1cccc2c1SC1(CC1)CN2. The van der Waals surface area contributed by atoms with E-state index in [1.165, 1.54) is 23.4 Å². The molecule has 0 atom stereocenters. The number of hydrogen-bond donors (Lipinski definition) is 1. The number of fused-ring (bicyclic) bond motifs is 1. The van der Waals surface area contributed by atoms with Gasteiger partial charge in [0.1, 0.15) is 5.75 Å². The third kappa shape index (κ3) is 1.19. The van der Waals surface area contributed by atoms with Crippen LogP contribution in [0, 0.1) is 0 Å². The fourth-order valence-corrected chi connectivity index (χ4v) is 3.23. The van der Waals surface area contributed by atoms with Crippen LogP contribution in [0.3, 0.4) is 0 Å². The number of hydrogen-bond acceptors (Lipinski definition) is 3. The lowest BCUT2D eigenvalue weighted by atomic mass is 10.2. The minimum Gasteiger partial charge on any atom is -0.496 e. The average Bonchev–Trinajstić information content (AvgIpc) is 2.97. The Hall–Kier alpha value is -0.830. The van der Waals surface area contributed by atoms with E-state index in [9.17, 15) is 0 Å². The Bertz CT molecular complexity index is 359. The maximum Gasteiger partial charge on any atom is 0.134 e. The van der Waals surface area contributed by atoms with E-state index in [1.54, 1.807) is 7.11 Å². The van der Waals surface area contributed by atoms with Crippen LogP contribution in [0.4, 0.5) is 5.69 Å². The Morgan fingerprint density at radius 2 is 2.29 bits per heavy atom. The average molecular weight is 207 g/mol. The van der Waals surface area contributed by atoms with Gasteiger partial charge < -0.3 is 10.1 Å². The van der Waals surface area contributed by atoms with Crippen molar-refractivity contribution in [3.63, 3.8) is 0 Å². The fraction of sp³-hybridized carbons (Fsp3) is 0.455. The van der Waals surface area contributed by atoms with Crippen molar-refractivity contribution in [2.75, 3.05) is 19.0 Å². The predicted octanol–water partition coefficient (Wildman–Crippen LogP) is 2.75. The summed E-state index contributed by atoms with van der Waals surface area (Å²) in [6, 6.07) is 6.20. The van der Waals surface area contributed by atoms with Crippen LogP contribution in [0.5, 0.6) is 5.75 Å². The van der Waals surface area contributed by atoms with E-state index in [2.05, 4.69) is 11.4 Å². The minimum atomic E-state index is 0.488.